The summed E-state index contributed by atoms with van der Waals surface area (Å²) in [4.78, 5) is 0.0738. The van der Waals surface area contributed by atoms with Crippen LogP contribution < -0.4 is 10.1 Å². The first-order valence-corrected chi connectivity index (χ1v) is 11.0. The van der Waals surface area contributed by atoms with Crippen LogP contribution in [0.25, 0.3) is 11.3 Å². The topological polar surface area (TPSA) is 93.7 Å². The number of morpholine rings is 1. The number of rotatable bonds is 6. The molecule has 0 saturated carbocycles. The molecule has 8 nitrogen and oxygen atoms in total. The van der Waals surface area contributed by atoms with Gasteiger partial charge in [0.1, 0.15) is 16.5 Å². The molecule has 1 aliphatic rings. The monoisotopic (exact) mass is 444 g/mol. The minimum Gasteiger partial charge on any atom is -0.495 e. The van der Waals surface area contributed by atoms with Crippen molar-refractivity contribution in [3.63, 3.8) is 0 Å². The van der Waals surface area contributed by atoms with Crippen LogP contribution in [0.1, 0.15) is 0 Å². The molecule has 0 atom stereocenters. The number of methoxy groups -OCH3 is 1. The molecule has 1 aliphatic heterocycles. The quantitative estimate of drug-likeness (QED) is 0.625. The van der Waals surface area contributed by atoms with Crippen LogP contribution in [0.15, 0.2) is 59.5 Å². The molecule has 0 spiro atoms. The number of nitrogens with zero attached hydrogens (tertiary/aromatic N) is 3. The van der Waals surface area contributed by atoms with Gasteiger partial charge in [0.25, 0.3) is 0 Å². The van der Waals surface area contributed by atoms with E-state index in [0.29, 0.717) is 49.1 Å². The van der Waals surface area contributed by atoms with Crippen molar-refractivity contribution in [1.82, 2.24) is 14.5 Å². The maximum atomic E-state index is 13.1. The van der Waals surface area contributed by atoms with E-state index in [2.05, 4.69) is 15.5 Å². The molecule has 2 heterocycles. The Labute approximate surface area is 179 Å². The van der Waals surface area contributed by atoms with Gasteiger partial charge in [0.2, 0.25) is 10.0 Å². The summed E-state index contributed by atoms with van der Waals surface area (Å²) in [5.74, 6) is 0.414. The molecule has 162 valence electrons. The van der Waals surface area contributed by atoms with Crippen molar-refractivity contribution in [1.29, 1.82) is 0 Å². The number of benzene rings is 2. The number of hydrogen-bond donors (Lipinski definition) is 1. The Hall–Kier alpha value is -3.08. The second-order valence-corrected chi connectivity index (χ2v) is 8.72. The molecule has 4 rings (SSSR count). The molecule has 0 unspecified atom stereocenters. The third-order valence-corrected chi connectivity index (χ3v) is 6.75. The summed E-state index contributed by atoms with van der Waals surface area (Å²) in [6.07, 6.45) is 0. The molecule has 3 aromatic rings. The second-order valence-electron chi connectivity index (χ2n) is 6.82. The summed E-state index contributed by atoms with van der Waals surface area (Å²) in [7, 11) is -2.32. The van der Waals surface area contributed by atoms with Gasteiger partial charge in [-0.05, 0) is 54.6 Å². The molecular formula is C21H21FN4O4S. The zero-order valence-corrected chi connectivity index (χ0v) is 17.6. The third-order valence-electron chi connectivity index (χ3n) is 4.83. The van der Waals surface area contributed by atoms with Gasteiger partial charge in [-0.3, -0.25) is 0 Å². The highest BCUT2D eigenvalue weighted by Crippen LogP contribution is 2.31. The fourth-order valence-electron chi connectivity index (χ4n) is 3.20. The fourth-order valence-corrected chi connectivity index (χ4v) is 4.79. The molecule has 2 aromatic carbocycles. The molecular weight excluding hydrogens is 423 g/mol. The zero-order valence-electron chi connectivity index (χ0n) is 16.8. The summed E-state index contributed by atoms with van der Waals surface area (Å²) in [6, 6.07) is 14.2. The largest absolute Gasteiger partial charge is 0.495 e. The highest BCUT2D eigenvalue weighted by Gasteiger charge is 2.29. The van der Waals surface area contributed by atoms with E-state index in [-0.39, 0.29) is 16.5 Å². The van der Waals surface area contributed by atoms with Crippen molar-refractivity contribution in [3.05, 3.63) is 60.4 Å². The standard InChI is InChI=1S/C21H21FN4O4S/c1-29-19-8-2-15(14-20(19)31(27,28)26-10-12-30-13-11-26)18-7-9-21(25-24-18)23-17-5-3-16(22)4-6-17/h2-9,14H,10-13H2,1H3,(H,23,25). The van der Waals surface area contributed by atoms with Gasteiger partial charge in [-0.25, -0.2) is 12.8 Å². The van der Waals surface area contributed by atoms with E-state index in [1.54, 1.807) is 42.5 Å². The van der Waals surface area contributed by atoms with Crippen molar-refractivity contribution in [3.8, 4) is 17.0 Å². The van der Waals surface area contributed by atoms with Gasteiger partial charge in [-0.1, -0.05) is 0 Å². The minimum atomic E-state index is -3.75. The predicted molar refractivity (Wildman–Crippen MR) is 113 cm³/mol. The Bertz CT molecular complexity index is 1150. The lowest BCUT2D eigenvalue weighted by atomic mass is 10.1. The molecule has 31 heavy (non-hydrogen) atoms. The Morgan fingerprint density at radius 1 is 1.03 bits per heavy atom. The van der Waals surface area contributed by atoms with E-state index >= 15 is 0 Å². The van der Waals surface area contributed by atoms with E-state index in [4.69, 9.17) is 9.47 Å². The number of ether oxygens (including phenoxy) is 2. The van der Waals surface area contributed by atoms with Crippen LogP contribution in [0.3, 0.4) is 0 Å². The Morgan fingerprint density at radius 2 is 1.77 bits per heavy atom. The molecule has 0 radical (unpaired) electrons. The maximum absolute atomic E-state index is 13.1. The fraction of sp³-hybridized carbons (Fsp3) is 0.238. The second kappa shape index (κ2) is 8.96. The lowest BCUT2D eigenvalue weighted by Crippen LogP contribution is -2.40. The van der Waals surface area contributed by atoms with Crippen LogP contribution in [-0.4, -0.2) is 56.3 Å². The number of sulfonamides is 1. The van der Waals surface area contributed by atoms with Gasteiger partial charge in [-0.2, -0.15) is 4.31 Å². The van der Waals surface area contributed by atoms with Crippen molar-refractivity contribution in [2.45, 2.75) is 4.90 Å². The highest BCUT2D eigenvalue weighted by molar-refractivity contribution is 7.89. The van der Waals surface area contributed by atoms with E-state index < -0.39 is 10.0 Å². The smallest absolute Gasteiger partial charge is 0.246 e. The zero-order chi connectivity index (χ0) is 21.8. The van der Waals surface area contributed by atoms with Gasteiger partial charge in [-0.15, -0.1) is 10.2 Å². The summed E-state index contributed by atoms with van der Waals surface area (Å²) >= 11 is 0. The van der Waals surface area contributed by atoms with Gasteiger partial charge >= 0.3 is 0 Å². The average Bonchev–Trinajstić information content (AvgIpc) is 2.81. The lowest BCUT2D eigenvalue weighted by Gasteiger charge is -2.26. The van der Waals surface area contributed by atoms with Gasteiger partial charge in [0.15, 0.2) is 5.82 Å². The number of halogens is 1. The third kappa shape index (κ3) is 4.66. The highest BCUT2D eigenvalue weighted by atomic mass is 32.2. The maximum Gasteiger partial charge on any atom is 0.246 e. The lowest BCUT2D eigenvalue weighted by molar-refractivity contribution is 0.0729. The molecule has 1 N–H and O–H groups in total. The molecule has 0 amide bonds. The summed E-state index contributed by atoms with van der Waals surface area (Å²) < 4.78 is 51.3. The van der Waals surface area contributed by atoms with Crippen molar-refractivity contribution in [2.24, 2.45) is 0 Å². The summed E-state index contributed by atoms with van der Waals surface area (Å²) in [5.41, 5.74) is 1.77. The van der Waals surface area contributed by atoms with Gasteiger partial charge in [0, 0.05) is 24.3 Å². The summed E-state index contributed by atoms with van der Waals surface area (Å²) in [5, 5.41) is 11.4. The summed E-state index contributed by atoms with van der Waals surface area (Å²) in [6.45, 7) is 1.29. The van der Waals surface area contributed by atoms with Crippen LogP contribution in [-0.2, 0) is 14.8 Å². The normalized spacial score (nSPS) is 14.9. The number of anilines is 2. The van der Waals surface area contributed by atoms with Crippen molar-refractivity contribution < 1.29 is 22.3 Å². The number of nitrogens with one attached hydrogen (secondary N) is 1. The predicted octanol–water partition coefficient (Wildman–Crippen LogP) is 3.06. The van der Waals surface area contributed by atoms with E-state index in [1.165, 1.54) is 23.5 Å². The molecule has 1 fully saturated rings. The Kier molecular flexibility index (Phi) is 6.12. The number of hydrogen-bond acceptors (Lipinski definition) is 7. The Morgan fingerprint density at radius 3 is 2.42 bits per heavy atom. The van der Waals surface area contributed by atoms with Crippen LogP contribution in [0, 0.1) is 5.82 Å². The number of aromatic nitrogens is 2. The van der Waals surface area contributed by atoms with Gasteiger partial charge < -0.3 is 14.8 Å². The van der Waals surface area contributed by atoms with Crippen LogP contribution in [0.4, 0.5) is 15.9 Å². The molecule has 1 saturated heterocycles. The SMILES string of the molecule is COc1ccc(-c2ccc(Nc3ccc(F)cc3)nn2)cc1S(=O)(=O)N1CCOCC1. The first-order valence-electron chi connectivity index (χ1n) is 9.60. The van der Waals surface area contributed by atoms with Crippen LogP contribution >= 0.6 is 0 Å². The van der Waals surface area contributed by atoms with E-state index in [0.717, 1.165) is 0 Å². The van der Waals surface area contributed by atoms with Crippen LogP contribution in [0.2, 0.25) is 0 Å². The van der Waals surface area contributed by atoms with Crippen molar-refractivity contribution >= 4 is 21.5 Å². The van der Waals surface area contributed by atoms with Crippen molar-refractivity contribution in [2.75, 3.05) is 38.7 Å². The molecule has 0 aliphatic carbocycles. The van der Waals surface area contributed by atoms with Crippen LogP contribution in [0.5, 0.6) is 5.75 Å². The van der Waals surface area contributed by atoms with E-state index in [9.17, 15) is 12.8 Å². The minimum absolute atomic E-state index is 0.0738. The van der Waals surface area contributed by atoms with Gasteiger partial charge in [0.05, 0.1) is 26.0 Å². The first-order chi connectivity index (χ1) is 15.0. The first kappa shape index (κ1) is 21.2. The molecule has 0 bridgehead atoms. The molecule has 1 aromatic heterocycles. The average molecular weight is 444 g/mol. The Balaban J connectivity index is 1.61. The van der Waals surface area contributed by atoms with E-state index in [1.807, 2.05) is 0 Å². The molecule has 10 heteroatoms.